The Hall–Kier alpha value is -1.61. The molecule has 104 valence electrons. The number of carbonyl (C=O) groups excluding carboxylic acids is 1. The quantitative estimate of drug-likeness (QED) is 0.791. The number of hydrogen-bond donors (Lipinski definition) is 0. The molecule has 0 bridgehead atoms. The Kier molecular flexibility index (Phi) is 3.88. The molecule has 4 heteroatoms. The molecule has 1 aromatic carbocycles. The van der Waals surface area contributed by atoms with Crippen LogP contribution in [0.5, 0.6) is 0 Å². The van der Waals surface area contributed by atoms with Crippen molar-refractivity contribution in [2.75, 3.05) is 6.61 Å². The van der Waals surface area contributed by atoms with Crippen molar-refractivity contribution in [3.63, 3.8) is 0 Å². The van der Waals surface area contributed by atoms with Crippen LogP contribution >= 0.6 is 11.6 Å². The highest BCUT2D eigenvalue weighted by Crippen LogP contribution is 2.29. The fourth-order valence-corrected chi connectivity index (χ4v) is 2.67. The van der Waals surface area contributed by atoms with Crippen LogP contribution in [0.1, 0.15) is 36.2 Å². The van der Waals surface area contributed by atoms with E-state index in [0.717, 1.165) is 17.7 Å². The smallest absolute Gasteiger partial charge is 0.356 e. The molecule has 1 aliphatic carbocycles. The maximum absolute atomic E-state index is 12.0. The first kappa shape index (κ1) is 13.4. The lowest BCUT2D eigenvalue weighted by Gasteiger charge is -2.24. The van der Waals surface area contributed by atoms with E-state index in [9.17, 15) is 4.79 Å². The molecule has 1 saturated carbocycles. The average Bonchev–Trinajstić information content (AvgIpc) is 2.41. The molecule has 0 amide bonds. The third-order valence-corrected chi connectivity index (χ3v) is 4.17. The summed E-state index contributed by atoms with van der Waals surface area (Å²) in [6.07, 6.45) is 4.78. The Morgan fingerprint density at radius 1 is 1.35 bits per heavy atom. The van der Waals surface area contributed by atoms with Crippen LogP contribution in [0.4, 0.5) is 0 Å². The van der Waals surface area contributed by atoms with Gasteiger partial charge in [-0.3, -0.25) is 0 Å². The van der Waals surface area contributed by atoms with Crippen molar-refractivity contribution in [2.24, 2.45) is 5.92 Å². The zero-order chi connectivity index (χ0) is 13.9. The fraction of sp³-hybridized carbons (Fsp3) is 0.375. The number of aromatic nitrogens is 1. The van der Waals surface area contributed by atoms with Crippen LogP contribution in [-0.2, 0) is 4.74 Å². The summed E-state index contributed by atoms with van der Waals surface area (Å²) in [5.41, 5.74) is 0.994. The van der Waals surface area contributed by atoms with Crippen molar-refractivity contribution in [3.8, 4) is 0 Å². The Labute approximate surface area is 122 Å². The first-order valence-corrected chi connectivity index (χ1v) is 7.34. The van der Waals surface area contributed by atoms with E-state index in [2.05, 4.69) is 4.98 Å². The van der Waals surface area contributed by atoms with Crippen LogP contribution in [-0.4, -0.2) is 17.6 Å². The van der Waals surface area contributed by atoms with E-state index >= 15 is 0 Å². The van der Waals surface area contributed by atoms with Crippen molar-refractivity contribution >= 4 is 28.5 Å². The van der Waals surface area contributed by atoms with Crippen LogP contribution in [0.25, 0.3) is 10.9 Å². The molecule has 0 spiro atoms. The minimum atomic E-state index is -0.392. The molecule has 0 unspecified atom stereocenters. The average molecular weight is 290 g/mol. The second-order valence-electron chi connectivity index (χ2n) is 5.23. The van der Waals surface area contributed by atoms with Gasteiger partial charge >= 0.3 is 5.97 Å². The van der Waals surface area contributed by atoms with E-state index in [1.165, 1.54) is 19.3 Å². The first-order valence-electron chi connectivity index (χ1n) is 6.96. The summed E-state index contributed by atoms with van der Waals surface area (Å²) >= 11 is 6.17. The number of para-hydroxylation sites is 1. The predicted octanol–water partition coefficient (Wildman–Crippen LogP) is 4.24. The number of pyridine rings is 1. The number of halogens is 1. The van der Waals surface area contributed by atoms with Gasteiger partial charge in [-0.15, -0.1) is 0 Å². The molecule has 0 radical (unpaired) electrons. The standard InChI is InChI=1S/C16H16ClNO2/c17-13-10-15(18-14-7-2-1-6-12(13)14)16(19)20-9-8-11-4-3-5-11/h1-2,6-7,10-11H,3-5,8-9H2. The van der Waals surface area contributed by atoms with Gasteiger partial charge in [0.05, 0.1) is 17.1 Å². The van der Waals surface area contributed by atoms with Crippen LogP contribution in [0.3, 0.4) is 0 Å². The summed E-state index contributed by atoms with van der Waals surface area (Å²) in [4.78, 5) is 16.3. The molecular formula is C16H16ClNO2. The molecule has 1 heterocycles. The second kappa shape index (κ2) is 5.80. The number of nitrogens with zero attached hydrogens (tertiary/aromatic N) is 1. The summed E-state index contributed by atoms with van der Waals surface area (Å²) < 4.78 is 5.28. The molecule has 20 heavy (non-hydrogen) atoms. The third-order valence-electron chi connectivity index (χ3n) is 3.86. The number of benzene rings is 1. The van der Waals surface area contributed by atoms with Gasteiger partial charge in [0.1, 0.15) is 0 Å². The van der Waals surface area contributed by atoms with E-state index in [1.807, 2.05) is 24.3 Å². The SMILES string of the molecule is O=C(OCCC1CCC1)c1cc(Cl)c2ccccc2n1. The molecule has 0 N–H and O–H groups in total. The van der Waals surface area contributed by atoms with Gasteiger partial charge in [0, 0.05) is 5.39 Å². The lowest BCUT2D eigenvalue weighted by atomic mass is 9.83. The van der Waals surface area contributed by atoms with Crippen LogP contribution in [0, 0.1) is 5.92 Å². The summed E-state index contributed by atoms with van der Waals surface area (Å²) in [7, 11) is 0. The number of ether oxygens (including phenoxy) is 1. The third kappa shape index (κ3) is 2.78. The van der Waals surface area contributed by atoms with E-state index in [0.29, 0.717) is 17.1 Å². The molecule has 1 fully saturated rings. The Bertz CT molecular complexity index is 637. The Balaban J connectivity index is 1.70. The highest BCUT2D eigenvalue weighted by Gasteiger charge is 2.18. The van der Waals surface area contributed by atoms with E-state index in [4.69, 9.17) is 16.3 Å². The molecule has 3 rings (SSSR count). The van der Waals surface area contributed by atoms with Crippen LogP contribution in [0.2, 0.25) is 5.02 Å². The van der Waals surface area contributed by atoms with Crippen LogP contribution in [0.15, 0.2) is 30.3 Å². The van der Waals surface area contributed by atoms with Gasteiger partial charge in [0.25, 0.3) is 0 Å². The zero-order valence-corrected chi connectivity index (χ0v) is 11.9. The summed E-state index contributed by atoms with van der Waals surface area (Å²) in [5.74, 6) is 0.341. The lowest BCUT2D eigenvalue weighted by Crippen LogP contribution is -2.16. The number of rotatable bonds is 4. The molecule has 0 atom stereocenters. The fourth-order valence-electron chi connectivity index (χ4n) is 2.41. The Morgan fingerprint density at radius 2 is 2.15 bits per heavy atom. The van der Waals surface area contributed by atoms with Crippen molar-refractivity contribution in [3.05, 3.63) is 41.0 Å². The predicted molar refractivity (Wildman–Crippen MR) is 79.0 cm³/mol. The highest BCUT2D eigenvalue weighted by molar-refractivity contribution is 6.35. The topological polar surface area (TPSA) is 39.2 Å². The maximum Gasteiger partial charge on any atom is 0.356 e. The molecule has 0 saturated heterocycles. The van der Waals surface area contributed by atoms with Crippen molar-refractivity contribution in [2.45, 2.75) is 25.7 Å². The van der Waals surface area contributed by atoms with Crippen LogP contribution < -0.4 is 0 Å². The van der Waals surface area contributed by atoms with Gasteiger partial charge in [-0.05, 0) is 24.5 Å². The van der Waals surface area contributed by atoms with Gasteiger partial charge < -0.3 is 4.74 Å². The number of hydrogen-bond acceptors (Lipinski definition) is 3. The molecular weight excluding hydrogens is 274 g/mol. The zero-order valence-electron chi connectivity index (χ0n) is 11.1. The van der Waals surface area contributed by atoms with Gasteiger partial charge in [-0.1, -0.05) is 49.1 Å². The monoisotopic (exact) mass is 289 g/mol. The largest absolute Gasteiger partial charge is 0.461 e. The van der Waals surface area contributed by atoms with Crippen molar-refractivity contribution in [1.82, 2.24) is 4.98 Å². The highest BCUT2D eigenvalue weighted by atomic mass is 35.5. The lowest BCUT2D eigenvalue weighted by molar-refractivity contribution is 0.0458. The molecule has 2 aromatic rings. The molecule has 1 aromatic heterocycles. The Morgan fingerprint density at radius 3 is 2.90 bits per heavy atom. The number of esters is 1. The minimum Gasteiger partial charge on any atom is -0.461 e. The molecule has 0 aliphatic heterocycles. The first-order chi connectivity index (χ1) is 9.74. The number of carbonyl (C=O) groups is 1. The summed E-state index contributed by atoms with van der Waals surface area (Å²) in [6, 6.07) is 9.07. The van der Waals surface area contributed by atoms with E-state index in [-0.39, 0.29) is 5.69 Å². The van der Waals surface area contributed by atoms with Gasteiger partial charge in [0.2, 0.25) is 0 Å². The normalized spacial score (nSPS) is 15.1. The van der Waals surface area contributed by atoms with E-state index < -0.39 is 5.97 Å². The number of fused-ring (bicyclic) bond motifs is 1. The molecule has 3 nitrogen and oxygen atoms in total. The van der Waals surface area contributed by atoms with Gasteiger partial charge in [0.15, 0.2) is 5.69 Å². The van der Waals surface area contributed by atoms with Crippen molar-refractivity contribution < 1.29 is 9.53 Å². The van der Waals surface area contributed by atoms with Gasteiger partial charge in [-0.25, -0.2) is 9.78 Å². The minimum absolute atomic E-state index is 0.280. The van der Waals surface area contributed by atoms with Gasteiger partial charge in [-0.2, -0.15) is 0 Å². The second-order valence-corrected chi connectivity index (χ2v) is 5.64. The summed E-state index contributed by atoms with van der Waals surface area (Å²) in [6.45, 7) is 0.468. The van der Waals surface area contributed by atoms with E-state index in [1.54, 1.807) is 6.07 Å². The van der Waals surface area contributed by atoms with Crippen molar-refractivity contribution in [1.29, 1.82) is 0 Å². The maximum atomic E-state index is 12.0. The summed E-state index contributed by atoms with van der Waals surface area (Å²) in [5, 5.41) is 1.38. The molecule has 1 aliphatic rings.